The van der Waals surface area contributed by atoms with Crippen molar-refractivity contribution in [2.75, 3.05) is 0 Å². The van der Waals surface area contributed by atoms with Gasteiger partial charge in [0.25, 0.3) is 0 Å². The normalized spacial score (nSPS) is 12.2. The quantitative estimate of drug-likeness (QED) is 0.188. The second-order valence-corrected chi connectivity index (χ2v) is 13.7. The van der Waals surface area contributed by atoms with Crippen molar-refractivity contribution in [1.82, 2.24) is 9.13 Å². The number of hydrogen-bond acceptors (Lipinski definition) is 2. The van der Waals surface area contributed by atoms with E-state index in [1.54, 1.807) is 0 Å². The van der Waals surface area contributed by atoms with Crippen LogP contribution in [0.4, 0.5) is 0 Å². The van der Waals surface area contributed by atoms with Gasteiger partial charge in [0.05, 0.1) is 22.1 Å². The van der Waals surface area contributed by atoms with Crippen molar-refractivity contribution in [1.29, 1.82) is 0 Å². The van der Waals surface area contributed by atoms with E-state index in [0.29, 0.717) is 0 Å². The van der Waals surface area contributed by atoms with Crippen molar-refractivity contribution in [3.8, 4) is 22.5 Å². The first kappa shape index (κ1) is 27.7. The molecule has 12 aromatic rings. The lowest BCUT2D eigenvalue weighted by Crippen LogP contribution is -2.00. The molecule has 0 spiro atoms. The molecule has 0 atom stereocenters. The number of hydrogen-bond donors (Lipinski definition) is 0. The summed E-state index contributed by atoms with van der Waals surface area (Å²) in [5, 5.41) is 9.20. The van der Waals surface area contributed by atoms with Gasteiger partial charge >= 0.3 is 0 Å². The molecular weight excluding hydrogens is 637 g/mol. The Balaban J connectivity index is 1.21. The number of para-hydroxylation sites is 4. The Labute approximate surface area is 296 Å². The fourth-order valence-corrected chi connectivity index (χ4v) is 8.58. The van der Waals surface area contributed by atoms with Crippen LogP contribution in [-0.2, 0) is 0 Å². The second-order valence-electron chi connectivity index (χ2n) is 13.7. The van der Waals surface area contributed by atoms with Crippen LogP contribution in [0, 0.1) is 0 Å². The Kier molecular flexibility index (Phi) is 5.47. The largest absolute Gasteiger partial charge is 0.456 e. The molecule has 0 bridgehead atoms. The predicted molar refractivity (Wildman–Crippen MR) is 215 cm³/mol. The van der Waals surface area contributed by atoms with Crippen molar-refractivity contribution in [3.63, 3.8) is 0 Å². The van der Waals surface area contributed by atoms with Crippen LogP contribution in [0.5, 0.6) is 0 Å². The maximum absolute atomic E-state index is 6.38. The highest BCUT2D eigenvalue weighted by Gasteiger charge is 2.20. The van der Waals surface area contributed by atoms with Gasteiger partial charge in [-0.25, -0.2) is 0 Å². The van der Waals surface area contributed by atoms with Crippen molar-refractivity contribution in [2.24, 2.45) is 0 Å². The van der Waals surface area contributed by atoms with Crippen LogP contribution in [0.15, 0.2) is 179 Å². The van der Waals surface area contributed by atoms with Gasteiger partial charge in [-0.05, 0) is 77.9 Å². The van der Waals surface area contributed by atoms with Gasteiger partial charge in [0.15, 0.2) is 0 Å². The second kappa shape index (κ2) is 10.3. The van der Waals surface area contributed by atoms with E-state index in [-0.39, 0.29) is 0 Å². The highest BCUT2D eigenvalue weighted by molar-refractivity contribution is 6.18. The molecule has 4 heterocycles. The third-order valence-electron chi connectivity index (χ3n) is 10.9. The standard InChI is InChI=1S/C48H28N2O2/c1-2-12-29(13-3-1)30-22-31(49-41-18-8-4-14-33(41)37-27-47-39(25-43(37)49)35-16-6-10-20-45(35)51-47)24-32(23-30)50-42-19-9-5-15-34(42)38-28-48-40(26-44(38)50)36-17-7-11-21-46(36)52-48/h1-28H. The summed E-state index contributed by atoms with van der Waals surface area (Å²) in [7, 11) is 0. The lowest BCUT2D eigenvalue weighted by atomic mass is 10.0. The van der Waals surface area contributed by atoms with Crippen molar-refractivity contribution in [3.05, 3.63) is 170 Å². The Hall–Kier alpha value is -7.04. The number of rotatable bonds is 3. The molecule has 0 amide bonds. The number of nitrogens with zero attached hydrogens (tertiary/aromatic N) is 2. The van der Waals surface area contributed by atoms with Crippen LogP contribution in [0.3, 0.4) is 0 Å². The van der Waals surface area contributed by atoms with Gasteiger partial charge in [0.2, 0.25) is 0 Å². The molecule has 0 saturated heterocycles. The van der Waals surface area contributed by atoms with E-state index in [1.165, 1.54) is 27.1 Å². The van der Waals surface area contributed by atoms with Gasteiger partial charge < -0.3 is 18.0 Å². The third kappa shape index (κ3) is 3.81. The van der Waals surface area contributed by atoms with Crippen molar-refractivity contribution >= 4 is 87.5 Å². The van der Waals surface area contributed by atoms with Gasteiger partial charge in [0.1, 0.15) is 22.3 Å². The number of aromatic nitrogens is 2. The van der Waals surface area contributed by atoms with E-state index >= 15 is 0 Å². The molecule has 0 aliphatic carbocycles. The molecule has 4 heteroatoms. The molecule has 0 fully saturated rings. The van der Waals surface area contributed by atoms with E-state index in [0.717, 1.165) is 82.9 Å². The number of fused-ring (bicyclic) bond motifs is 12. The van der Waals surface area contributed by atoms with Gasteiger partial charge in [-0.15, -0.1) is 0 Å². The molecule has 242 valence electrons. The van der Waals surface area contributed by atoms with Crippen LogP contribution < -0.4 is 0 Å². The maximum Gasteiger partial charge on any atom is 0.136 e. The first-order valence-electron chi connectivity index (χ1n) is 17.7. The molecule has 0 aliphatic heterocycles. The van der Waals surface area contributed by atoms with Gasteiger partial charge in [-0.3, -0.25) is 0 Å². The van der Waals surface area contributed by atoms with Crippen molar-refractivity contribution in [2.45, 2.75) is 0 Å². The minimum Gasteiger partial charge on any atom is -0.456 e. The molecule has 52 heavy (non-hydrogen) atoms. The first-order valence-corrected chi connectivity index (χ1v) is 17.7. The van der Waals surface area contributed by atoms with Gasteiger partial charge in [-0.1, -0.05) is 103 Å². The summed E-state index contributed by atoms with van der Waals surface area (Å²) < 4.78 is 17.6. The molecule has 8 aromatic carbocycles. The molecule has 12 rings (SSSR count). The topological polar surface area (TPSA) is 36.1 Å². The number of benzene rings is 8. The van der Waals surface area contributed by atoms with Crippen LogP contribution in [0.2, 0.25) is 0 Å². The summed E-state index contributed by atoms with van der Waals surface area (Å²) in [5.74, 6) is 0. The summed E-state index contributed by atoms with van der Waals surface area (Å²) >= 11 is 0. The molecule has 0 saturated carbocycles. The average molecular weight is 665 g/mol. The summed E-state index contributed by atoms with van der Waals surface area (Å²) in [6, 6.07) is 60.8. The van der Waals surface area contributed by atoms with Crippen LogP contribution in [0.1, 0.15) is 0 Å². The summed E-state index contributed by atoms with van der Waals surface area (Å²) in [5.41, 5.74) is 12.7. The Bertz CT molecular complexity index is 3200. The molecule has 4 nitrogen and oxygen atoms in total. The fourth-order valence-electron chi connectivity index (χ4n) is 8.58. The molecular formula is C48H28N2O2. The summed E-state index contributed by atoms with van der Waals surface area (Å²) in [6.07, 6.45) is 0. The van der Waals surface area contributed by atoms with Crippen molar-refractivity contribution < 1.29 is 8.83 Å². The zero-order chi connectivity index (χ0) is 33.9. The molecule has 0 N–H and O–H groups in total. The van der Waals surface area contributed by atoms with Crippen LogP contribution in [-0.4, -0.2) is 9.13 Å². The summed E-state index contributed by atoms with van der Waals surface area (Å²) in [6.45, 7) is 0. The van der Waals surface area contributed by atoms with Crippen LogP contribution in [0.25, 0.3) is 110 Å². The minimum absolute atomic E-state index is 0.902. The molecule has 0 radical (unpaired) electrons. The molecule has 0 unspecified atom stereocenters. The average Bonchev–Trinajstić information content (AvgIpc) is 3.93. The zero-order valence-electron chi connectivity index (χ0n) is 27.9. The number of furan rings is 2. The van der Waals surface area contributed by atoms with E-state index < -0.39 is 0 Å². The highest BCUT2D eigenvalue weighted by Crippen LogP contribution is 2.42. The molecule has 0 aliphatic rings. The van der Waals surface area contributed by atoms with Gasteiger partial charge in [0, 0.05) is 54.5 Å². The Morgan fingerprint density at radius 2 is 0.712 bits per heavy atom. The zero-order valence-corrected chi connectivity index (χ0v) is 27.9. The predicted octanol–water partition coefficient (Wildman–Crippen LogP) is 13.3. The van der Waals surface area contributed by atoms with E-state index in [1.807, 2.05) is 24.3 Å². The molecule has 4 aromatic heterocycles. The highest BCUT2D eigenvalue weighted by atomic mass is 16.3. The van der Waals surface area contributed by atoms with Crippen LogP contribution >= 0.6 is 0 Å². The smallest absolute Gasteiger partial charge is 0.136 e. The Morgan fingerprint density at radius 1 is 0.269 bits per heavy atom. The monoisotopic (exact) mass is 664 g/mol. The van der Waals surface area contributed by atoms with E-state index in [4.69, 9.17) is 8.83 Å². The van der Waals surface area contributed by atoms with E-state index in [9.17, 15) is 0 Å². The SMILES string of the molecule is c1ccc(-c2cc(-n3c4ccccc4c4cc5oc6ccccc6c5cc43)cc(-n3c4ccccc4c4cc5oc6ccccc6c5cc43)c2)cc1. The maximum atomic E-state index is 6.38. The fraction of sp³-hybridized carbons (Fsp3) is 0. The first-order chi connectivity index (χ1) is 25.8. The van der Waals surface area contributed by atoms with E-state index in [2.05, 4.69) is 155 Å². The van der Waals surface area contributed by atoms with Gasteiger partial charge in [-0.2, -0.15) is 0 Å². The Morgan fingerprint density at radius 3 is 1.23 bits per heavy atom. The summed E-state index contributed by atoms with van der Waals surface area (Å²) in [4.78, 5) is 0. The lowest BCUT2D eigenvalue weighted by Gasteiger charge is -2.16. The lowest BCUT2D eigenvalue weighted by molar-refractivity contribution is 0.669. The third-order valence-corrected chi connectivity index (χ3v) is 10.9. The minimum atomic E-state index is 0.902.